The number of ether oxygens (including phenoxy) is 1. The maximum atomic E-state index is 13.8. The van der Waals surface area contributed by atoms with E-state index in [9.17, 15) is 14.0 Å². The van der Waals surface area contributed by atoms with E-state index in [0.717, 1.165) is 11.3 Å². The molecule has 0 spiro atoms. The van der Waals surface area contributed by atoms with Crippen LogP contribution in [0.5, 0.6) is 5.75 Å². The molecular weight excluding hydrogens is 311 g/mol. The lowest BCUT2D eigenvalue weighted by Crippen LogP contribution is -2.16. The van der Waals surface area contributed by atoms with Crippen molar-refractivity contribution in [2.45, 2.75) is 20.3 Å². The third kappa shape index (κ3) is 5.08. The predicted molar refractivity (Wildman–Crippen MR) is 90.6 cm³/mol. The molecule has 0 saturated heterocycles. The summed E-state index contributed by atoms with van der Waals surface area (Å²) in [5.41, 5.74) is 1.23. The molecule has 0 atom stereocenters. The Bertz CT molecular complexity index is 730. The van der Waals surface area contributed by atoms with Gasteiger partial charge in [-0.3, -0.25) is 9.59 Å². The van der Waals surface area contributed by atoms with E-state index in [1.807, 2.05) is 6.92 Å². The van der Waals surface area contributed by atoms with Gasteiger partial charge in [-0.1, -0.05) is 12.1 Å². The largest absolute Gasteiger partial charge is 0.494 e. The van der Waals surface area contributed by atoms with E-state index >= 15 is 0 Å². The molecule has 24 heavy (non-hydrogen) atoms. The van der Waals surface area contributed by atoms with Crippen LogP contribution in [0.3, 0.4) is 0 Å². The van der Waals surface area contributed by atoms with Crippen molar-refractivity contribution < 1.29 is 18.7 Å². The third-order valence-corrected chi connectivity index (χ3v) is 3.16. The first kappa shape index (κ1) is 17.5. The van der Waals surface area contributed by atoms with Gasteiger partial charge in [-0.25, -0.2) is 4.39 Å². The fraction of sp³-hybridized carbons (Fsp3) is 0.222. The Morgan fingerprint density at radius 2 is 1.79 bits per heavy atom. The zero-order chi connectivity index (χ0) is 17.5. The van der Waals surface area contributed by atoms with Gasteiger partial charge < -0.3 is 15.4 Å². The number of nitrogens with one attached hydrogen (secondary N) is 2. The van der Waals surface area contributed by atoms with E-state index in [2.05, 4.69) is 10.6 Å². The van der Waals surface area contributed by atoms with Gasteiger partial charge in [-0.2, -0.15) is 0 Å². The molecule has 0 bridgehead atoms. The Morgan fingerprint density at radius 3 is 2.42 bits per heavy atom. The maximum Gasteiger partial charge on any atom is 0.228 e. The summed E-state index contributed by atoms with van der Waals surface area (Å²) in [7, 11) is 0. The van der Waals surface area contributed by atoms with Crippen LogP contribution < -0.4 is 15.4 Å². The van der Waals surface area contributed by atoms with Gasteiger partial charge in [0.1, 0.15) is 11.6 Å². The molecule has 2 aromatic carbocycles. The molecule has 2 N–H and O–H groups in total. The molecule has 0 aliphatic rings. The number of benzene rings is 2. The molecule has 0 saturated carbocycles. The summed E-state index contributed by atoms with van der Waals surface area (Å²) in [4.78, 5) is 23.1. The lowest BCUT2D eigenvalue weighted by atomic mass is 10.1. The maximum absolute atomic E-state index is 13.8. The summed E-state index contributed by atoms with van der Waals surface area (Å²) >= 11 is 0. The van der Waals surface area contributed by atoms with Gasteiger partial charge in [0.05, 0.1) is 18.7 Å². The molecule has 0 aliphatic heterocycles. The topological polar surface area (TPSA) is 67.4 Å². The monoisotopic (exact) mass is 330 g/mol. The van der Waals surface area contributed by atoms with Crippen molar-refractivity contribution in [2.24, 2.45) is 0 Å². The van der Waals surface area contributed by atoms with Gasteiger partial charge in [-0.05, 0) is 42.8 Å². The number of carbonyl (C=O) groups is 2. The van der Waals surface area contributed by atoms with Crippen LogP contribution in [0.1, 0.15) is 19.4 Å². The Kier molecular flexibility index (Phi) is 5.89. The predicted octanol–water partition coefficient (Wildman–Crippen LogP) is 3.36. The summed E-state index contributed by atoms with van der Waals surface area (Å²) in [6, 6.07) is 11.1. The normalized spacial score (nSPS) is 10.1. The summed E-state index contributed by atoms with van der Waals surface area (Å²) < 4.78 is 19.1. The molecular formula is C18H19FN2O3. The Hall–Kier alpha value is -2.89. The van der Waals surface area contributed by atoms with Gasteiger partial charge in [0.2, 0.25) is 11.8 Å². The molecule has 0 heterocycles. The van der Waals surface area contributed by atoms with Gasteiger partial charge in [-0.15, -0.1) is 0 Å². The first-order chi connectivity index (χ1) is 11.5. The first-order valence-corrected chi connectivity index (χ1v) is 7.56. The van der Waals surface area contributed by atoms with Crippen LogP contribution in [0.15, 0.2) is 42.5 Å². The second-order valence-electron chi connectivity index (χ2n) is 5.18. The van der Waals surface area contributed by atoms with Crippen LogP contribution in [0, 0.1) is 5.82 Å². The first-order valence-electron chi connectivity index (χ1n) is 7.56. The summed E-state index contributed by atoms with van der Waals surface area (Å²) in [5, 5.41) is 5.06. The smallest absolute Gasteiger partial charge is 0.228 e. The minimum atomic E-state index is -0.566. The van der Waals surface area contributed by atoms with Crippen molar-refractivity contribution in [3.05, 3.63) is 53.8 Å². The standard InChI is InChI=1S/C18H19FN2O3/c1-3-24-15-7-4-13(5-8-15)10-18(23)21-17-11-14(20-12(2)22)6-9-16(17)19/h4-9,11H,3,10H2,1-2H3,(H,20,22)(H,21,23). The summed E-state index contributed by atoms with van der Waals surface area (Å²) in [6.07, 6.45) is 0.107. The molecule has 5 nitrogen and oxygen atoms in total. The van der Waals surface area contributed by atoms with E-state index in [0.29, 0.717) is 12.3 Å². The second-order valence-corrected chi connectivity index (χ2v) is 5.18. The molecule has 0 fully saturated rings. The van der Waals surface area contributed by atoms with E-state index in [1.165, 1.54) is 25.1 Å². The van der Waals surface area contributed by atoms with Crippen LogP contribution in [0.25, 0.3) is 0 Å². The third-order valence-electron chi connectivity index (χ3n) is 3.16. The minimum Gasteiger partial charge on any atom is -0.494 e. The highest BCUT2D eigenvalue weighted by atomic mass is 19.1. The van der Waals surface area contributed by atoms with Gasteiger partial charge in [0, 0.05) is 12.6 Å². The lowest BCUT2D eigenvalue weighted by molar-refractivity contribution is -0.116. The summed E-state index contributed by atoms with van der Waals surface area (Å²) in [6.45, 7) is 3.82. The van der Waals surface area contributed by atoms with Crippen LogP contribution in [-0.2, 0) is 16.0 Å². The molecule has 6 heteroatoms. The van der Waals surface area contributed by atoms with Crippen molar-refractivity contribution in [1.82, 2.24) is 0 Å². The fourth-order valence-electron chi connectivity index (χ4n) is 2.15. The van der Waals surface area contributed by atoms with Crippen molar-refractivity contribution in [3.63, 3.8) is 0 Å². The van der Waals surface area contributed by atoms with Crippen molar-refractivity contribution >= 4 is 23.2 Å². The number of halogens is 1. The highest BCUT2D eigenvalue weighted by Crippen LogP contribution is 2.20. The zero-order valence-corrected chi connectivity index (χ0v) is 13.6. The molecule has 0 radical (unpaired) electrons. The number of hydrogen-bond donors (Lipinski definition) is 2. The van der Waals surface area contributed by atoms with Crippen LogP contribution in [0.2, 0.25) is 0 Å². The second kappa shape index (κ2) is 8.10. The Morgan fingerprint density at radius 1 is 1.08 bits per heavy atom. The van der Waals surface area contributed by atoms with Crippen molar-refractivity contribution in [2.75, 3.05) is 17.2 Å². The van der Waals surface area contributed by atoms with E-state index < -0.39 is 5.82 Å². The van der Waals surface area contributed by atoms with Crippen LogP contribution in [-0.4, -0.2) is 18.4 Å². The quantitative estimate of drug-likeness (QED) is 0.853. The number of amides is 2. The zero-order valence-electron chi connectivity index (χ0n) is 13.6. The Labute approximate surface area is 139 Å². The number of anilines is 2. The average molecular weight is 330 g/mol. The van der Waals surface area contributed by atoms with Gasteiger partial charge in [0.15, 0.2) is 0 Å². The highest BCUT2D eigenvalue weighted by molar-refractivity contribution is 5.94. The van der Waals surface area contributed by atoms with Crippen molar-refractivity contribution in [3.8, 4) is 5.75 Å². The van der Waals surface area contributed by atoms with Gasteiger partial charge >= 0.3 is 0 Å². The SMILES string of the molecule is CCOc1ccc(CC(=O)Nc2cc(NC(C)=O)ccc2F)cc1. The minimum absolute atomic E-state index is 0.0252. The average Bonchev–Trinajstić information content (AvgIpc) is 2.52. The van der Waals surface area contributed by atoms with Crippen LogP contribution >= 0.6 is 0 Å². The van der Waals surface area contributed by atoms with Crippen LogP contribution in [0.4, 0.5) is 15.8 Å². The van der Waals surface area contributed by atoms with E-state index in [-0.39, 0.29) is 23.9 Å². The highest BCUT2D eigenvalue weighted by Gasteiger charge is 2.09. The van der Waals surface area contributed by atoms with Crippen molar-refractivity contribution in [1.29, 1.82) is 0 Å². The number of carbonyl (C=O) groups excluding carboxylic acids is 2. The van der Waals surface area contributed by atoms with Gasteiger partial charge in [0.25, 0.3) is 0 Å². The number of hydrogen-bond acceptors (Lipinski definition) is 3. The molecule has 0 aromatic heterocycles. The fourth-order valence-corrected chi connectivity index (χ4v) is 2.15. The molecule has 2 aromatic rings. The molecule has 2 amide bonds. The Balaban J connectivity index is 2.02. The molecule has 126 valence electrons. The number of rotatable bonds is 6. The van der Waals surface area contributed by atoms with E-state index in [4.69, 9.17) is 4.74 Å². The molecule has 0 aliphatic carbocycles. The lowest BCUT2D eigenvalue weighted by Gasteiger charge is -2.09. The molecule has 0 unspecified atom stereocenters. The van der Waals surface area contributed by atoms with E-state index in [1.54, 1.807) is 24.3 Å². The summed E-state index contributed by atoms with van der Waals surface area (Å²) in [5.74, 6) is -0.453. The molecule has 2 rings (SSSR count).